The van der Waals surface area contributed by atoms with Crippen molar-refractivity contribution in [3.05, 3.63) is 0 Å². The summed E-state index contributed by atoms with van der Waals surface area (Å²) < 4.78 is 4.74. The number of hydrogen-bond donors (Lipinski definition) is 0. The third-order valence-corrected chi connectivity index (χ3v) is 4.47. The number of hydrogen-bond acceptors (Lipinski definition) is 4. The van der Waals surface area contributed by atoms with Crippen molar-refractivity contribution >= 4 is 11.9 Å². The van der Waals surface area contributed by atoms with E-state index in [9.17, 15) is 9.59 Å². The van der Waals surface area contributed by atoms with E-state index in [1.807, 2.05) is 4.90 Å². The van der Waals surface area contributed by atoms with Crippen molar-refractivity contribution in [3.8, 4) is 0 Å². The molecule has 2 aliphatic heterocycles. The summed E-state index contributed by atoms with van der Waals surface area (Å²) in [5, 5.41) is 0. The Balaban J connectivity index is 1.77. The van der Waals surface area contributed by atoms with Crippen LogP contribution in [0.5, 0.6) is 0 Å². The maximum Gasteiger partial charge on any atom is 0.310 e. The highest BCUT2D eigenvalue weighted by Gasteiger charge is 2.36. The first-order chi connectivity index (χ1) is 9.63. The first kappa shape index (κ1) is 15.3. The van der Waals surface area contributed by atoms with Crippen LogP contribution in [-0.2, 0) is 14.3 Å². The Hall–Kier alpha value is -1.10. The van der Waals surface area contributed by atoms with Gasteiger partial charge in [0.1, 0.15) is 0 Å². The highest BCUT2D eigenvalue weighted by molar-refractivity contribution is 5.86. The Labute approximate surface area is 121 Å². The minimum atomic E-state index is -0.257. The third-order valence-electron chi connectivity index (χ3n) is 4.47. The van der Waals surface area contributed by atoms with Gasteiger partial charge in [-0.25, -0.2) is 0 Å². The fourth-order valence-corrected chi connectivity index (χ4v) is 3.29. The molecule has 1 atom stereocenters. The van der Waals surface area contributed by atoms with Crippen LogP contribution in [0.15, 0.2) is 0 Å². The van der Waals surface area contributed by atoms with Crippen molar-refractivity contribution < 1.29 is 14.3 Å². The van der Waals surface area contributed by atoms with Gasteiger partial charge in [0.15, 0.2) is 0 Å². The van der Waals surface area contributed by atoms with Crippen LogP contribution in [0.1, 0.15) is 32.6 Å². The molecule has 0 aromatic heterocycles. The molecule has 114 valence electrons. The standard InChI is InChI=1S/C15H26N2O3/c1-3-6-16-7-4-12(5-8-16)10-17-11-13(9-14(17)18)15(19)20-2/h12-13H,3-11H2,1-2H3. The molecule has 0 aromatic carbocycles. The average Bonchev–Trinajstić information content (AvgIpc) is 2.82. The van der Waals surface area contributed by atoms with E-state index >= 15 is 0 Å². The minimum Gasteiger partial charge on any atom is -0.469 e. The fraction of sp³-hybridized carbons (Fsp3) is 0.867. The first-order valence-electron chi connectivity index (χ1n) is 7.72. The molecule has 5 nitrogen and oxygen atoms in total. The van der Waals surface area contributed by atoms with Gasteiger partial charge in [0, 0.05) is 19.5 Å². The molecule has 0 saturated carbocycles. The lowest BCUT2D eigenvalue weighted by Gasteiger charge is -2.33. The number of carbonyl (C=O) groups excluding carboxylic acids is 2. The molecule has 2 heterocycles. The monoisotopic (exact) mass is 282 g/mol. The molecule has 2 fully saturated rings. The van der Waals surface area contributed by atoms with E-state index in [1.165, 1.54) is 20.1 Å². The number of likely N-dealkylation sites (tertiary alicyclic amines) is 2. The van der Waals surface area contributed by atoms with Gasteiger partial charge in [0.25, 0.3) is 0 Å². The summed E-state index contributed by atoms with van der Waals surface area (Å²) in [5.74, 6) is 0.186. The van der Waals surface area contributed by atoms with Gasteiger partial charge in [0.2, 0.25) is 5.91 Å². The summed E-state index contributed by atoms with van der Waals surface area (Å²) in [6.07, 6.45) is 3.84. The van der Waals surface area contributed by atoms with Crippen molar-refractivity contribution in [1.29, 1.82) is 0 Å². The fourth-order valence-electron chi connectivity index (χ4n) is 3.29. The van der Waals surface area contributed by atoms with Gasteiger partial charge < -0.3 is 14.5 Å². The van der Waals surface area contributed by atoms with Crippen LogP contribution in [-0.4, -0.2) is 61.5 Å². The summed E-state index contributed by atoms with van der Waals surface area (Å²) in [4.78, 5) is 27.8. The Morgan fingerprint density at radius 1 is 1.35 bits per heavy atom. The lowest BCUT2D eigenvalue weighted by Crippen LogP contribution is -2.39. The molecule has 0 aliphatic carbocycles. The lowest BCUT2D eigenvalue weighted by atomic mass is 9.96. The van der Waals surface area contributed by atoms with Gasteiger partial charge in [-0.1, -0.05) is 6.92 Å². The second kappa shape index (κ2) is 7.07. The molecule has 2 rings (SSSR count). The molecule has 2 saturated heterocycles. The number of nitrogens with zero attached hydrogens (tertiary/aromatic N) is 2. The quantitative estimate of drug-likeness (QED) is 0.709. The summed E-state index contributed by atoms with van der Waals surface area (Å²) in [6, 6.07) is 0. The summed E-state index contributed by atoms with van der Waals surface area (Å²) in [6.45, 7) is 7.02. The second-order valence-electron chi connectivity index (χ2n) is 6.01. The van der Waals surface area contributed by atoms with E-state index in [0.29, 0.717) is 18.9 Å². The molecule has 1 unspecified atom stereocenters. The van der Waals surface area contributed by atoms with E-state index in [1.54, 1.807) is 0 Å². The maximum absolute atomic E-state index is 12.0. The van der Waals surface area contributed by atoms with Gasteiger partial charge in [-0.05, 0) is 44.8 Å². The molecule has 0 spiro atoms. The molecule has 0 bridgehead atoms. The number of piperidine rings is 1. The van der Waals surface area contributed by atoms with E-state index in [2.05, 4.69) is 11.8 Å². The third kappa shape index (κ3) is 3.72. The number of amides is 1. The second-order valence-corrected chi connectivity index (χ2v) is 6.01. The molecule has 0 N–H and O–H groups in total. The van der Waals surface area contributed by atoms with Crippen molar-refractivity contribution in [2.75, 3.05) is 39.8 Å². The smallest absolute Gasteiger partial charge is 0.310 e. The molecule has 5 heteroatoms. The van der Waals surface area contributed by atoms with Gasteiger partial charge >= 0.3 is 5.97 Å². The Bertz CT molecular complexity index is 351. The van der Waals surface area contributed by atoms with E-state index < -0.39 is 0 Å². The molecule has 1 amide bonds. The maximum atomic E-state index is 12.0. The van der Waals surface area contributed by atoms with E-state index in [-0.39, 0.29) is 17.8 Å². The Morgan fingerprint density at radius 3 is 2.65 bits per heavy atom. The number of rotatable bonds is 5. The van der Waals surface area contributed by atoms with Crippen LogP contribution in [0, 0.1) is 11.8 Å². The number of methoxy groups -OCH3 is 1. The summed E-state index contributed by atoms with van der Waals surface area (Å²) >= 11 is 0. The SMILES string of the molecule is CCCN1CCC(CN2CC(C(=O)OC)CC2=O)CC1. The average molecular weight is 282 g/mol. The highest BCUT2D eigenvalue weighted by Crippen LogP contribution is 2.24. The van der Waals surface area contributed by atoms with Gasteiger partial charge in [-0.15, -0.1) is 0 Å². The topological polar surface area (TPSA) is 49.9 Å². The largest absolute Gasteiger partial charge is 0.469 e. The number of esters is 1. The first-order valence-corrected chi connectivity index (χ1v) is 7.72. The van der Waals surface area contributed by atoms with Crippen molar-refractivity contribution in [2.45, 2.75) is 32.6 Å². The predicted molar refractivity (Wildman–Crippen MR) is 76.2 cm³/mol. The minimum absolute atomic E-state index is 0.108. The van der Waals surface area contributed by atoms with E-state index in [0.717, 1.165) is 32.5 Å². The lowest BCUT2D eigenvalue weighted by molar-refractivity contribution is -0.145. The molecule has 0 aromatic rings. The van der Waals surface area contributed by atoms with Crippen LogP contribution in [0.2, 0.25) is 0 Å². The molecule has 20 heavy (non-hydrogen) atoms. The van der Waals surface area contributed by atoms with Crippen LogP contribution >= 0.6 is 0 Å². The molecule has 2 aliphatic rings. The Morgan fingerprint density at radius 2 is 2.05 bits per heavy atom. The van der Waals surface area contributed by atoms with Crippen LogP contribution < -0.4 is 0 Å². The van der Waals surface area contributed by atoms with Crippen LogP contribution in [0.4, 0.5) is 0 Å². The normalized spacial score (nSPS) is 25.2. The Kier molecular flexibility index (Phi) is 5.40. The van der Waals surface area contributed by atoms with Crippen LogP contribution in [0.25, 0.3) is 0 Å². The summed E-state index contributed by atoms with van der Waals surface area (Å²) in [5.41, 5.74) is 0. The van der Waals surface area contributed by atoms with Gasteiger partial charge in [0.05, 0.1) is 13.0 Å². The van der Waals surface area contributed by atoms with E-state index in [4.69, 9.17) is 4.74 Å². The number of ether oxygens (including phenoxy) is 1. The van der Waals surface area contributed by atoms with Crippen LogP contribution in [0.3, 0.4) is 0 Å². The zero-order valence-electron chi connectivity index (χ0n) is 12.6. The van der Waals surface area contributed by atoms with Crippen molar-refractivity contribution in [3.63, 3.8) is 0 Å². The molecule has 0 radical (unpaired) electrons. The predicted octanol–water partition coefficient (Wildman–Crippen LogP) is 1.13. The molecular formula is C15H26N2O3. The highest BCUT2D eigenvalue weighted by atomic mass is 16.5. The summed E-state index contributed by atoms with van der Waals surface area (Å²) in [7, 11) is 1.39. The van der Waals surface area contributed by atoms with Crippen molar-refractivity contribution in [1.82, 2.24) is 9.80 Å². The zero-order valence-corrected chi connectivity index (χ0v) is 12.6. The van der Waals surface area contributed by atoms with Gasteiger partial charge in [-0.3, -0.25) is 9.59 Å². The number of carbonyl (C=O) groups is 2. The van der Waals surface area contributed by atoms with Gasteiger partial charge in [-0.2, -0.15) is 0 Å². The molecular weight excluding hydrogens is 256 g/mol. The van der Waals surface area contributed by atoms with Crippen molar-refractivity contribution in [2.24, 2.45) is 11.8 Å². The zero-order chi connectivity index (χ0) is 14.5.